The number of nitrogens with zero attached hydrogens (tertiary/aromatic N) is 3. The second kappa shape index (κ2) is 7.91. The Morgan fingerprint density at radius 1 is 1.28 bits per heavy atom. The first-order chi connectivity index (χ1) is 12.0. The van der Waals surface area contributed by atoms with E-state index in [1.54, 1.807) is 6.20 Å². The molecule has 2 aromatic heterocycles. The number of carbonyl (C=O) groups excluding carboxylic acids is 1. The molecular formula is C18H25N5OS. The molecule has 7 heteroatoms. The Kier molecular flexibility index (Phi) is 5.63. The Balaban J connectivity index is 1.61. The number of nitrogens with one attached hydrogen (secondary N) is 2. The molecule has 0 bridgehead atoms. The van der Waals surface area contributed by atoms with Gasteiger partial charge in [-0.1, -0.05) is 44.6 Å². The summed E-state index contributed by atoms with van der Waals surface area (Å²) in [7, 11) is 0. The van der Waals surface area contributed by atoms with E-state index in [0.29, 0.717) is 27.9 Å². The summed E-state index contributed by atoms with van der Waals surface area (Å²) < 4.78 is 0. The maximum Gasteiger partial charge on any atom is 0.321 e. The summed E-state index contributed by atoms with van der Waals surface area (Å²) >= 11 is 1.33. The average Bonchev–Trinajstić information content (AvgIpc) is 3.03. The number of rotatable bonds is 4. The monoisotopic (exact) mass is 359 g/mol. The molecule has 0 spiro atoms. The van der Waals surface area contributed by atoms with Crippen molar-refractivity contribution in [3.63, 3.8) is 0 Å². The van der Waals surface area contributed by atoms with Gasteiger partial charge in [-0.05, 0) is 42.7 Å². The Morgan fingerprint density at radius 2 is 2.12 bits per heavy atom. The molecule has 134 valence electrons. The number of anilines is 1. The van der Waals surface area contributed by atoms with Gasteiger partial charge in [-0.3, -0.25) is 10.3 Å². The molecule has 1 aliphatic rings. The van der Waals surface area contributed by atoms with Crippen molar-refractivity contribution in [2.24, 2.45) is 17.8 Å². The highest BCUT2D eigenvalue weighted by Crippen LogP contribution is 2.33. The SMILES string of the molecule is CC1CCC(C(C)C)C(NC(=O)Nc2nnc(-c3ccccn3)s2)C1. The quantitative estimate of drug-likeness (QED) is 0.858. The number of hydrogen-bond donors (Lipinski definition) is 2. The summed E-state index contributed by atoms with van der Waals surface area (Å²) in [6.07, 6.45) is 5.16. The molecule has 3 atom stereocenters. The fourth-order valence-electron chi connectivity index (χ4n) is 3.54. The Hall–Kier alpha value is -2.02. The third-order valence-corrected chi connectivity index (χ3v) is 5.73. The van der Waals surface area contributed by atoms with Crippen molar-refractivity contribution in [2.75, 3.05) is 5.32 Å². The van der Waals surface area contributed by atoms with E-state index in [2.05, 4.69) is 46.6 Å². The second-order valence-electron chi connectivity index (χ2n) is 7.16. The maximum atomic E-state index is 12.4. The van der Waals surface area contributed by atoms with E-state index in [0.717, 1.165) is 12.1 Å². The standard InChI is InChI=1S/C18H25N5OS/c1-11(2)13-8-7-12(3)10-15(13)20-17(24)21-18-23-22-16(25-18)14-6-4-5-9-19-14/h4-6,9,11-13,15H,7-8,10H2,1-3H3,(H2,20,21,23,24). The predicted octanol–water partition coefficient (Wildman–Crippen LogP) is 4.18. The molecule has 0 radical (unpaired) electrons. The second-order valence-corrected chi connectivity index (χ2v) is 8.14. The number of aromatic nitrogens is 3. The highest BCUT2D eigenvalue weighted by molar-refractivity contribution is 7.18. The maximum absolute atomic E-state index is 12.4. The van der Waals surface area contributed by atoms with E-state index >= 15 is 0 Å². The average molecular weight is 359 g/mol. The van der Waals surface area contributed by atoms with Crippen molar-refractivity contribution in [3.05, 3.63) is 24.4 Å². The molecule has 2 N–H and O–H groups in total. The zero-order valence-electron chi connectivity index (χ0n) is 14.9. The van der Waals surface area contributed by atoms with Gasteiger partial charge in [0.15, 0.2) is 5.01 Å². The molecule has 3 unspecified atom stereocenters. The van der Waals surface area contributed by atoms with Crippen LogP contribution < -0.4 is 10.6 Å². The summed E-state index contributed by atoms with van der Waals surface area (Å²) in [5.41, 5.74) is 0.759. The molecule has 1 aliphatic carbocycles. The van der Waals surface area contributed by atoms with Crippen LogP contribution in [0.25, 0.3) is 10.7 Å². The first-order valence-corrected chi connectivity index (χ1v) is 9.67. The van der Waals surface area contributed by atoms with Crippen LogP contribution in [0.1, 0.15) is 40.0 Å². The van der Waals surface area contributed by atoms with Gasteiger partial charge in [0, 0.05) is 12.2 Å². The van der Waals surface area contributed by atoms with Crippen molar-refractivity contribution in [1.82, 2.24) is 20.5 Å². The number of urea groups is 1. The lowest BCUT2D eigenvalue weighted by Crippen LogP contribution is -2.47. The van der Waals surface area contributed by atoms with Crippen LogP contribution in [0.5, 0.6) is 0 Å². The molecule has 2 heterocycles. The van der Waals surface area contributed by atoms with Crippen LogP contribution >= 0.6 is 11.3 Å². The fraction of sp³-hybridized carbons (Fsp3) is 0.556. The van der Waals surface area contributed by atoms with E-state index in [9.17, 15) is 4.79 Å². The smallest absolute Gasteiger partial charge is 0.321 e. The van der Waals surface area contributed by atoms with E-state index < -0.39 is 0 Å². The lowest BCUT2D eigenvalue weighted by molar-refractivity contribution is 0.172. The van der Waals surface area contributed by atoms with Crippen molar-refractivity contribution in [2.45, 2.75) is 46.1 Å². The van der Waals surface area contributed by atoms with Crippen molar-refractivity contribution < 1.29 is 4.79 Å². The molecule has 6 nitrogen and oxygen atoms in total. The van der Waals surface area contributed by atoms with Gasteiger partial charge in [0.25, 0.3) is 0 Å². The predicted molar refractivity (Wildman–Crippen MR) is 100 cm³/mol. The van der Waals surface area contributed by atoms with Crippen LogP contribution in [0.15, 0.2) is 24.4 Å². The van der Waals surface area contributed by atoms with Crippen molar-refractivity contribution in [1.29, 1.82) is 0 Å². The first kappa shape index (κ1) is 17.8. The lowest BCUT2D eigenvalue weighted by Gasteiger charge is -2.37. The first-order valence-electron chi connectivity index (χ1n) is 8.85. The minimum atomic E-state index is -0.200. The lowest BCUT2D eigenvalue weighted by atomic mass is 9.74. The van der Waals surface area contributed by atoms with E-state index in [1.165, 1.54) is 24.2 Å². The van der Waals surface area contributed by atoms with Crippen LogP contribution in [-0.2, 0) is 0 Å². The van der Waals surface area contributed by atoms with Gasteiger partial charge >= 0.3 is 6.03 Å². The largest absolute Gasteiger partial charge is 0.335 e. The minimum absolute atomic E-state index is 0.200. The summed E-state index contributed by atoms with van der Waals surface area (Å²) in [5, 5.41) is 15.3. The molecule has 0 aromatic carbocycles. The van der Waals surface area contributed by atoms with Crippen LogP contribution in [0.3, 0.4) is 0 Å². The third-order valence-electron chi connectivity index (χ3n) is 4.87. The number of amides is 2. The normalized spacial score (nSPS) is 23.4. The van der Waals surface area contributed by atoms with Crippen LogP contribution in [0.2, 0.25) is 0 Å². The molecule has 2 aromatic rings. The summed E-state index contributed by atoms with van der Waals surface area (Å²) in [6.45, 7) is 6.72. The van der Waals surface area contributed by atoms with Crippen molar-refractivity contribution in [3.8, 4) is 10.7 Å². The zero-order chi connectivity index (χ0) is 17.8. The fourth-order valence-corrected chi connectivity index (χ4v) is 4.25. The summed E-state index contributed by atoms with van der Waals surface area (Å²) in [6, 6.07) is 5.65. The number of hydrogen-bond acceptors (Lipinski definition) is 5. The molecule has 0 saturated heterocycles. The summed E-state index contributed by atoms with van der Waals surface area (Å²) in [4.78, 5) is 16.7. The van der Waals surface area contributed by atoms with E-state index in [1.807, 2.05) is 18.2 Å². The molecular weight excluding hydrogens is 334 g/mol. The van der Waals surface area contributed by atoms with E-state index in [-0.39, 0.29) is 12.1 Å². The van der Waals surface area contributed by atoms with Crippen LogP contribution in [0.4, 0.5) is 9.93 Å². The molecule has 3 rings (SSSR count). The summed E-state index contributed by atoms with van der Waals surface area (Å²) in [5.74, 6) is 1.74. The van der Waals surface area contributed by atoms with Crippen molar-refractivity contribution >= 4 is 22.5 Å². The Labute approximate surface area is 152 Å². The van der Waals surface area contributed by atoms with Gasteiger partial charge in [-0.25, -0.2) is 4.79 Å². The van der Waals surface area contributed by atoms with Gasteiger partial charge in [0.2, 0.25) is 5.13 Å². The van der Waals surface area contributed by atoms with Crippen LogP contribution in [0, 0.1) is 17.8 Å². The Morgan fingerprint density at radius 3 is 2.84 bits per heavy atom. The molecule has 2 amide bonds. The molecule has 1 saturated carbocycles. The van der Waals surface area contributed by atoms with Gasteiger partial charge in [-0.2, -0.15) is 0 Å². The van der Waals surface area contributed by atoms with E-state index in [4.69, 9.17) is 0 Å². The van der Waals surface area contributed by atoms with Gasteiger partial charge in [0.1, 0.15) is 5.69 Å². The third kappa shape index (κ3) is 4.54. The molecule has 1 fully saturated rings. The number of pyridine rings is 1. The van der Waals surface area contributed by atoms with Crippen LogP contribution in [-0.4, -0.2) is 27.3 Å². The topological polar surface area (TPSA) is 79.8 Å². The molecule has 0 aliphatic heterocycles. The van der Waals surface area contributed by atoms with Gasteiger partial charge in [0.05, 0.1) is 0 Å². The van der Waals surface area contributed by atoms with Gasteiger partial charge < -0.3 is 5.32 Å². The van der Waals surface area contributed by atoms with Gasteiger partial charge in [-0.15, -0.1) is 10.2 Å². The highest BCUT2D eigenvalue weighted by atomic mass is 32.1. The zero-order valence-corrected chi connectivity index (χ0v) is 15.7. The highest BCUT2D eigenvalue weighted by Gasteiger charge is 2.31. The molecule has 25 heavy (non-hydrogen) atoms. The Bertz CT molecular complexity index is 703. The number of carbonyl (C=O) groups is 1. The minimum Gasteiger partial charge on any atom is -0.335 e.